The molecule has 4 rings (SSSR count). The van der Waals surface area contributed by atoms with Gasteiger partial charge >= 0.3 is 0 Å². The number of methoxy groups -OCH3 is 2. The van der Waals surface area contributed by atoms with Gasteiger partial charge in [0.15, 0.2) is 0 Å². The normalized spacial score (nSPS) is 15.4. The standard InChI is InChI=1S/C22H26N4O3/c1-27-19-8-9-20(28-2)18(14-19)15-25-10-12-26(13-11-25)16-21-23-24-22(29-21)17-6-4-3-5-7-17/h3-9,14H,10-13,15-16H2,1-2H3. The molecule has 0 amide bonds. The molecule has 29 heavy (non-hydrogen) atoms. The number of hydrogen-bond donors (Lipinski definition) is 0. The topological polar surface area (TPSA) is 63.9 Å². The first-order valence-corrected chi connectivity index (χ1v) is 9.78. The Morgan fingerprint density at radius 3 is 2.28 bits per heavy atom. The SMILES string of the molecule is COc1ccc(OC)c(CN2CCN(Cc3nnc(-c4ccccc4)o3)CC2)c1. The number of hydrogen-bond acceptors (Lipinski definition) is 7. The fourth-order valence-electron chi connectivity index (χ4n) is 3.56. The van der Waals surface area contributed by atoms with E-state index >= 15 is 0 Å². The summed E-state index contributed by atoms with van der Waals surface area (Å²) in [6.45, 7) is 5.37. The van der Waals surface area contributed by atoms with Crippen LogP contribution in [0.4, 0.5) is 0 Å². The summed E-state index contributed by atoms with van der Waals surface area (Å²) in [5.41, 5.74) is 2.09. The molecule has 1 aliphatic heterocycles. The predicted molar refractivity (Wildman–Crippen MR) is 110 cm³/mol. The summed E-state index contributed by atoms with van der Waals surface area (Å²) < 4.78 is 16.7. The Hall–Kier alpha value is -2.90. The minimum Gasteiger partial charge on any atom is -0.497 e. The van der Waals surface area contributed by atoms with Gasteiger partial charge in [-0.15, -0.1) is 10.2 Å². The number of rotatable bonds is 7. The number of nitrogens with zero attached hydrogens (tertiary/aromatic N) is 4. The minimum atomic E-state index is 0.573. The molecular weight excluding hydrogens is 368 g/mol. The third-order valence-corrected chi connectivity index (χ3v) is 5.19. The van der Waals surface area contributed by atoms with E-state index in [9.17, 15) is 0 Å². The predicted octanol–water partition coefficient (Wildman–Crippen LogP) is 3.07. The van der Waals surface area contributed by atoms with Crippen LogP contribution in [-0.2, 0) is 13.1 Å². The summed E-state index contributed by atoms with van der Waals surface area (Å²) in [5.74, 6) is 2.98. The van der Waals surface area contributed by atoms with Gasteiger partial charge in [0.25, 0.3) is 0 Å². The van der Waals surface area contributed by atoms with Gasteiger partial charge in [-0.05, 0) is 30.3 Å². The maximum Gasteiger partial charge on any atom is 0.247 e. The van der Waals surface area contributed by atoms with E-state index in [1.54, 1.807) is 14.2 Å². The highest BCUT2D eigenvalue weighted by Crippen LogP contribution is 2.26. The summed E-state index contributed by atoms with van der Waals surface area (Å²) in [6.07, 6.45) is 0. The Labute approximate surface area is 170 Å². The van der Waals surface area contributed by atoms with Crippen LogP contribution in [0.1, 0.15) is 11.5 Å². The summed E-state index contributed by atoms with van der Waals surface area (Å²) in [4.78, 5) is 4.78. The van der Waals surface area contributed by atoms with Crippen molar-refractivity contribution in [2.24, 2.45) is 0 Å². The van der Waals surface area contributed by atoms with Crippen molar-refractivity contribution in [2.75, 3.05) is 40.4 Å². The molecule has 1 saturated heterocycles. The Morgan fingerprint density at radius 2 is 1.59 bits per heavy atom. The maximum atomic E-state index is 5.84. The number of ether oxygens (including phenoxy) is 2. The molecule has 0 atom stereocenters. The molecule has 0 radical (unpaired) electrons. The second-order valence-electron chi connectivity index (χ2n) is 7.10. The molecule has 1 fully saturated rings. The lowest BCUT2D eigenvalue weighted by Gasteiger charge is -2.34. The van der Waals surface area contributed by atoms with Crippen molar-refractivity contribution >= 4 is 0 Å². The lowest BCUT2D eigenvalue weighted by atomic mass is 10.1. The Balaban J connectivity index is 1.32. The molecule has 0 N–H and O–H groups in total. The first-order chi connectivity index (χ1) is 14.2. The molecule has 0 unspecified atom stereocenters. The number of benzene rings is 2. The van der Waals surface area contributed by atoms with Gasteiger partial charge in [0.1, 0.15) is 11.5 Å². The fourth-order valence-corrected chi connectivity index (χ4v) is 3.56. The molecule has 3 aromatic rings. The third-order valence-electron chi connectivity index (χ3n) is 5.19. The molecule has 2 heterocycles. The third kappa shape index (κ3) is 4.75. The van der Waals surface area contributed by atoms with Gasteiger partial charge in [-0.3, -0.25) is 9.80 Å². The van der Waals surface area contributed by atoms with Crippen LogP contribution in [0.2, 0.25) is 0 Å². The average Bonchev–Trinajstić information content (AvgIpc) is 3.24. The van der Waals surface area contributed by atoms with E-state index < -0.39 is 0 Å². The molecule has 0 saturated carbocycles. The zero-order valence-electron chi connectivity index (χ0n) is 16.9. The van der Waals surface area contributed by atoms with E-state index in [4.69, 9.17) is 13.9 Å². The first-order valence-electron chi connectivity index (χ1n) is 9.78. The minimum absolute atomic E-state index is 0.573. The van der Waals surface area contributed by atoms with Crippen molar-refractivity contribution in [3.05, 3.63) is 60.0 Å². The van der Waals surface area contributed by atoms with Crippen LogP contribution in [-0.4, -0.2) is 60.4 Å². The van der Waals surface area contributed by atoms with E-state index in [1.807, 2.05) is 42.5 Å². The highest BCUT2D eigenvalue weighted by molar-refractivity contribution is 5.51. The van der Waals surface area contributed by atoms with E-state index in [-0.39, 0.29) is 0 Å². The summed E-state index contributed by atoms with van der Waals surface area (Å²) in [6, 6.07) is 15.8. The van der Waals surface area contributed by atoms with E-state index in [2.05, 4.69) is 26.1 Å². The Bertz CT molecular complexity index is 921. The van der Waals surface area contributed by atoms with Crippen LogP contribution in [0.15, 0.2) is 52.9 Å². The van der Waals surface area contributed by atoms with Crippen LogP contribution in [0, 0.1) is 0 Å². The zero-order valence-corrected chi connectivity index (χ0v) is 16.9. The van der Waals surface area contributed by atoms with Gasteiger partial charge in [-0.1, -0.05) is 18.2 Å². The lowest BCUT2D eigenvalue weighted by Crippen LogP contribution is -2.45. The van der Waals surface area contributed by atoms with Crippen molar-refractivity contribution in [3.8, 4) is 23.0 Å². The Morgan fingerprint density at radius 1 is 0.862 bits per heavy atom. The van der Waals surface area contributed by atoms with Crippen molar-refractivity contribution in [1.29, 1.82) is 0 Å². The molecule has 1 aromatic heterocycles. The van der Waals surface area contributed by atoms with Crippen molar-refractivity contribution < 1.29 is 13.9 Å². The van der Waals surface area contributed by atoms with Crippen LogP contribution in [0.3, 0.4) is 0 Å². The molecule has 0 spiro atoms. The highest BCUT2D eigenvalue weighted by Gasteiger charge is 2.20. The average molecular weight is 394 g/mol. The molecule has 2 aromatic carbocycles. The summed E-state index contributed by atoms with van der Waals surface area (Å²) in [7, 11) is 3.39. The van der Waals surface area contributed by atoms with Crippen molar-refractivity contribution in [2.45, 2.75) is 13.1 Å². The number of piperazine rings is 1. The number of aromatic nitrogens is 2. The van der Waals surface area contributed by atoms with Gasteiger partial charge in [0.05, 0.1) is 20.8 Å². The van der Waals surface area contributed by atoms with Crippen molar-refractivity contribution in [1.82, 2.24) is 20.0 Å². The van der Waals surface area contributed by atoms with Crippen LogP contribution in [0.5, 0.6) is 11.5 Å². The summed E-state index contributed by atoms with van der Waals surface area (Å²) >= 11 is 0. The molecule has 7 nitrogen and oxygen atoms in total. The first kappa shape index (κ1) is 19.4. The van der Waals surface area contributed by atoms with E-state index in [0.29, 0.717) is 18.3 Å². The van der Waals surface area contributed by atoms with Gasteiger partial charge in [-0.2, -0.15) is 0 Å². The monoisotopic (exact) mass is 394 g/mol. The van der Waals surface area contributed by atoms with Crippen molar-refractivity contribution in [3.63, 3.8) is 0 Å². The largest absolute Gasteiger partial charge is 0.497 e. The van der Waals surface area contributed by atoms with E-state index in [0.717, 1.165) is 55.3 Å². The zero-order chi connectivity index (χ0) is 20.1. The smallest absolute Gasteiger partial charge is 0.247 e. The molecule has 152 valence electrons. The molecule has 0 bridgehead atoms. The molecular formula is C22H26N4O3. The fraction of sp³-hybridized carbons (Fsp3) is 0.364. The van der Waals surface area contributed by atoms with Gasteiger partial charge in [0, 0.05) is 43.9 Å². The second kappa shape index (κ2) is 9.07. The van der Waals surface area contributed by atoms with Crippen LogP contribution in [0.25, 0.3) is 11.5 Å². The highest BCUT2D eigenvalue weighted by atomic mass is 16.5. The maximum absolute atomic E-state index is 5.84. The molecule has 0 aliphatic carbocycles. The van der Waals surface area contributed by atoms with Crippen LogP contribution >= 0.6 is 0 Å². The van der Waals surface area contributed by atoms with E-state index in [1.165, 1.54) is 0 Å². The lowest BCUT2D eigenvalue weighted by molar-refractivity contribution is 0.114. The molecule has 7 heteroatoms. The summed E-state index contributed by atoms with van der Waals surface area (Å²) in [5, 5.41) is 8.39. The van der Waals surface area contributed by atoms with Gasteiger partial charge < -0.3 is 13.9 Å². The van der Waals surface area contributed by atoms with Crippen LogP contribution < -0.4 is 9.47 Å². The molecule has 1 aliphatic rings. The second-order valence-corrected chi connectivity index (χ2v) is 7.10. The van der Waals surface area contributed by atoms with Gasteiger partial charge in [-0.25, -0.2) is 0 Å². The Kier molecular flexibility index (Phi) is 6.07. The van der Waals surface area contributed by atoms with Gasteiger partial charge in [0.2, 0.25) is 11.8 Å². The quantitative estimate of drug-likeness (QED) is 0.610.